The molecule has 0 aliphatic rings. The first-order valence-electron chi connectivity index (χ1n) is 6.72. The fourth-order valence-electron chi connectivity index (χ4n) is 1.98. The number of aromatic nitrogens is 1. The predicted molar refractivity (Wildman–Crippen MR) is 81.4 cm³/mol. The number of hydrogen-bond donors (Lipinski definition) is 1. The van der Waals surface area contributed by atoms with Crippen molar-refractivity contribution >= 4 is 5.69 Å². The van der Waals surface area contributed by atoms with Crippen LogP contribution in [-0.4, -0.2) is 4.98 Å². The van der Waals surface area contributed by atoms with Crippen LogP contribution in [-0.2, 0) is 12.0 Å². The van der Waals surface area contributed by atoms with Crippen LogP contribution in [0.4, 0.5) is 5.69 Å². The molecular weight excluding hydrogens is 232 g/mol. The van der Waals surface area contributed by atoms with Gasteiger partial charge >= 0.3 is 0 Å². The number of hydrogen-bond acceptors (Lipinski definition) is 2. The van der Waals surface area contributed by atoms with Crippen molar-refractivity contribution in [2.45, 2.75) is 39.7 Å². The molecule has 0 amide bonds. The van der Waals surface area contributed by atoms with E-state index in [1.54, 1.807) is 0 Å². The van der Waals surface area contributed by atoms with Crippen molar-refractivity contribution in [3.63, 3.8) is 0 Å². The smallest absolute Gasteiger partial charge is 0.0597 e. The van der Waals surface area contributed by atoms with E-state index in [0.717, 1.165) is 23.6 Å². The Kier molecular flexibility index (Phi) is 3.89. The van der Waals surface area contributed by atoms with Crippen molar-refractivity contribution in [3.8, 4) is 0 Å². The van der Waals surface area contributed by atoms with E-state index in [1.807, 2.05) is 25.1 Å². The fraction of sp³-hybridized carbons (Fsp3) is 0.353. The topological polar surface area (TPSA) is 24.9 Å². The van der Waals surface area contributed by atoms with Crippen LogP contribution in [0.3, 0.4) is 0 Å². The highest BCUT2D eigenvalue weighted by atomic mass is 14.9. The zero-order valence-corrected chi connectivity index (χ0v) is 12.2. The number of aryl methyl sites for hydroxylation is 1. The maximum absolute atomic E-state index is 4.48. The minimum Gasteiger partial charge on any atom is -0.379 e. The Bertz CT molecular complexity index is 536. The lowest BCUT2D eigenvalue weighted by Gasteiger charge is -2.19. The summed E-state index contributed by atoms with van der Waals surface area (Å²) in [5.41, 5.74) is 4.82. The van der Waals surface area contributed by atoms with E-state index in [9.17, 15) is 0 Å². The van der Waals surface area contributed by atoms with Crippen LogP contribution < -0.4 is 5.32 Å². The molecule has 1 heterocycles. The minimum atomic E-state index is 0.205. The zero-order valence-electron chi connectivity index (χ0n) is 12.2. The summed E-state index contributed by atoms with van der Waals surface area (Å²) in [6.45, 7) is 9.46. The quantitative estimate of drug-likeness (QED) is 0.883. The molecule has 0 fully saturated rings. The lowest BCUT2D eigenvalue weighted by Crippen LogP contribution is -2.10. The lowest BCUT2D eigenvalue weighted by molar-refractivity contribution is 0.590. The van der Waals surface area contributed by atoms with Crippen LogP contribution in [0.2, 0.25) is 0 Å². The molecule has 0 aliphatic heterocycles. The van der Waals surface area contributed by atoms with Gasteiger partial charge < -0.3 is 5.32 Å². The normalized spacial score (nSPS) is 11.4. The number of rotatable bonds is 3. The van der Waals surface area contributed by atoms with Gasteiger partial charge in [0.1, 0.15) is 0 Å². The summed E-state index contributed by atoms with van der Waals surface area (Å²) in [5.74, 6) is 0. The highest BCUT2D eigenvalue weighted by molar-refractivity contribution is 5.46. The van der Waals surface area contributed by atoms with Crippen molar-refractivity contribution in [2.24, 2.45) is 0 Å². The second-order valence-corrected chi connectivity index (χ2v) is 5.95. The number of pyridine rings is 1. The van der Waals surface area contributed by atoms with Crippen molar-refractivity contribution in [1.82, 2.24) is 4.98 Å². The van der Waals surface area contributed by atoms with Crippen LogP contribution in [0.25, 0.3) is 0 Å². The second kappa shape index (κ2) is 5.43. The Morgan fingerprint density at radius 2 is 1.68 bits per heavy atom. The van der Waals surface area contributed by atoms with Crippen LogP contribution >= 0.6 is 0 Å². The number of anilines is 1. The van der Waals surface area contributed by atoms with E-state index < -0.39 is 0 Å². The predicted octanol–water partition coefficient (Wildman–Crippen LogP) is 4.30. The maximum Gasteiger partial charge on any atom is 0.0597 e. The molecule has 0 saturated carbocycles. The number of benzene rings is 1. The molecule has 2 rings (SSSR count). The average Bonchev–Trinajstić information content (AvgIpc) is 2.36. The first kappa shape index (κ1) is 13.6. The standard InChI is InChI=1S/C17H22N2/c1-13-6-5-7-16(19-13)12-18-15-10-8-14(9-11-15)17(2,3)4/h5-11,18H,12H2,1-4H3. The van der Waals surface area contributed by atoms with Crippen LogP contribution in [0.1, 0.15) is 37.7 Å². The SMILES string of the molecule is Cc1cccc(CNc2ccc(C(C)(C)C)cc2)n1. The Morgan fingerprint density at radius 3 is 2.26 bits per heavy atom. The Morgan fingerprint density at radius 1 is 1.00 bits per heavy atom. The van der Waals surface area contributed by atoms with Gasteiger partial charge in [0.2, 0.25) is 0 Å². The highest BCUT2D eigenvalue weighted by Gasteiger charge is 2.12. The van der Waals surface area contributed by atoms with E-state index in [-0.39, 0.29) is 5.41 Å². The van der Waals surface area contributed by atoms with E-state index in [2.05, 4.69) is 55.3 Å². The van der Waals surface area contributed by atoms with Crippen molar-refractivity contribution in [3.05, 3.63) is 59.4 Å². The molecule has 0 spiro atoms. The van der Waals surface area contributed by atoms with Gasteiger partial charge in [-0.3, -0.25) is 4.98 Å². The van der Waals surface area contributed by atoms with Crippen LogP contribution in [0.5, 0.6) is 0 Å². The second-order valence-electron chi connectivity index (χ2n) is 5.95. The molecule has 2 aromatic rings. The van der Waals surface area contributed by atoms with Gasteiger partial charge in [-0.1, -0.05) is 39.0 Å². The van der Waals surface area contributed by atoms with Crippen molar-refractivity contribution in [1.29, 1.82) is 0 Å². The molecule has 0 atom stereocenters. The van der Waals surface area contributed by atoms with E-state index >= 15 is 0 Å². The van der Waals surface area contributed by atoms with Gasteiger partial charge in [0.05, 0.1) is 12.2 Å². The molecule has 0 radical (unpaired) electrons. The summed E-state index contributed by atoms with van der Waals surface area (Å²) in [4.78, 5) is 4.48. The summed E-state index contributed by atoms with van der Waals surface area (Å²) < 4.78 is 0. The lowest BCUT2D eigenvalue weighted by atomic mass is 9.87. The van der Waals surface area contributed by atoms with Crippen molar-refractivity contribution < 1.29 is 0 Å². The molecular formula is C17H22N2. The first-order valence-corrected chi connectivity index (χ1v) is 6.72. The highest BCUT2D eigenvalue weighted by Crippen LogP contribution is 2.23. The van der Waals surface area contributed by atoms with Gasteiger partial charge in [-0.2, -0.15) is 0 Å². The van der Waals surface area contributed by atoms with Crippen molar-refractivity contribution in [2.75, 3.05) is 5.32 Å². The van der Waals surface area contributed by atoms with Crippen LogP contribution in [0, 0.1) is 6.92 Å². The van der Waals surface area contributed by atoms with Gasteiger partial charge in [-0.25, -0.2) is 0 Å². The molecule has 1 aromatic heterocycles. The summed E-state index contributed by atoms with van der Waals surface area (Å²) in [6, 6.07) is 14.7. The molecule has 0 unspecified atom stereocenters. The molecule has 2 heteroatoms. The Hall–Kier alpha value is -1.83. The third-order valence-electron chi connectivity index (χ3n) is 3.17. The van der Waals surface area contributed by atoms with Gasteiger partial charge in [0, 0.05) is 11.4 Å². The maximum atomic E-state index is 4.48. The Labute approximate surface area is 115 Å². The van der Waals surface area contributed by atoms with Gasteiger partial charge in [-0.05, 0) is 42.2 Å². The van der Waals surface area contributed by atoms with Gasteiger partial charge in [0.25, 0.3) is 0 Å². The zero-order chi connectivity index (χ0) is 13.9. The molecule has 19 heavy (non-hydrogen) atoms. The van der Waals surface area contributed by atoms with E-state index in [4.69, 9.17) is 0 Å². The van der Waals surface area contributed by atoms with E-state index in [1.165, 1.54) is 5.56 Å². The summed E-state index contributed by atoms with van der Waals surface area (Å²) in [6.07, 6.45) is 0. The van der Waals surface area contributed by atoms with Crippen LogP contribution in [0.15, 0.2) is 42.5 Å². The fourth-order valence-corrected chi connectivity index (χ4v) is 1.98. The summed E-state index contributed by atoms with van der Waals surface area (Å²) >= 11 is 0. The molecule has 1 aromatic carbocycles. The third kappa shape index (κ3) is 3.82. The summed E-state index contributed by atoms with van der Waals surface area (Å²) in [5, 5.41) is 3.40. The molecule has 0 aliphatic carbocycles. The van der Waals surface area contributed by atoms with Gasteiger partial charge in [-0.15, -0.1) is 0 Å². The number of nitrogens with zero attached hydrogens (tertiary/aromatic N) is 1. The molecule has 0 bridgehead atoms. The first-order chi connectivity index (χ1) is 8.95. The largest absolute Gasteiger partial charge is 0.379 e. The monoisotopic (exact) mass is 254 g/mol. The average molecular weight is 254 g/mol. The molecule has 1 N–H and O–H groups in total. The van der Waals surface area contributed by atoms with Gasteiger partial charge in [0.15, 0.2) is 0 Å². The third-order valence-corrected chi connectivity index (χ3v) is 3.17. The minimum absolute atomic E-state index is 0.205. The molecule has 2 nitrogen and oxygen atoms in total. The molecule has 100 valence electrons. The molecule has 0 saturated heterocycles. The number of nitrogens with one attached hydrogen (secondary N) is 1. The summed E-state index contributed by atoms with van der Waals surface area (Å²) in [7, 11) is 0. The van der Waals surface area contributed by atoms with E-state index in [0.29, 0.717) is 0 Å². The Balaban J connectivity index is 2.01.